The minimum Gasteiger partial charge on any atom is -0.467 e. The van der Waals surface area contributed by atoms with Crippen molar-refractivity contribution in [3.05, 3.63) is 0 Å². The molecule has 2 saturated heterocycles. The van der Waals surface area contributed by atoms with Gasteiger partial charge in [0, 0.05) is 13.0 Å². The van der Waals surface area contributed by atoms with Gasteiger partial charge in [0.2, 0.25) is 5.91 Å². The molecule has 5 heteroatoms. The molecule has 0 aromatic carbocycles. The number of ether oxygens (including phenoxy) is 1. The predicted molar refractivity (Wildman–Crippen MR) is 76.2 cm³/mol. The van der Waals surface area contributed by atoms with E-state index in [1.807, 2.05) is 0 Å². The highest BCUT2D eigenvalue weighted by Gasteiger charge is 2.32. The molecular weight excluding hydrogens is 256 g/mol. The number of hydrogen-bond donors (Lipinski definition) is 1. The first-order valence-electron chi connectivity index (χ1n) is 7.80. The van der Waals surface area contributed by atoms with E-state index in [2.05, 4.69) is 5.32 Å². The van der Waals surface area contributed by atoms with Gasteiger partial charge >= 0.3 is 5.97 Å². The molecule has 0 aromatic heterocycles. The van der Waals surface area contributed by atoms with E-state index in [9.17, 15) is 9.59 Å². The Labute approximate surface area is 121 Å². The number of hydrogen-bond acceptors (Lipinski definition) is 4. The number of piperidine rings is 2. The summed E-state index contributed by atoms with van der Waals surface area (Å²) in [5.74, 6) is 0.456. The van der Waals surface area contributed by atoms with E-state index < -0.39 is 0 Å². The van der Waals surface area contributed by atoms with Gasteiger partial charge in [-0.1, -0.05) is 0 Å². The molecule has 2 aliphatic heterocycles. The van der Waals surface area contributed by atoms with Crippen molar-refractivity contribution in [1.29, 1.82) is 0 Å². The fourth-order valence-electron chi connectivity index (χ4n) is 3.25. The number of nitrogens with one attached hydrogen (secondary N) is 1. The number of likely N-dealkylation sites (tertiary alicyclic amines) is 1. The zero-order valence-electron chi connectivity index (χ0n) is 12.4. The molecule has 0 saturated carbocycles. The molecule has 0 aliphatic carbocycles. The van der Waals surface area contributed by atoms with Gasteiger partial charge in [0.25, 0.3) is 0 Å². The van der Waals surface area contributed by atoms with Crippen LogP contribution in [0.25, 0.3) is 0 Å². The topological polar surface area (TPSA) is 58.6 Å². The minimum absolute atomic E-state index is 0.116. The van der Waals surface area contributed by atoms with E-state index in [1.165, 1.54) is 20.0 Å². The first kappa shape index (κ1) is 15.3. The van der Waals surface area contributed by atoms with Crippen molar-refractivity contribution in [2.75, 3.05) is 26.7 Å². The van der Waals surface area contributed by atoms with Crippen LogP contribution in [0, 0.1) is 5.92 Å². The maximum absolute atomic E-state index is 12.4. The molecule has 0 aromatic rings. The maximum atomic E-state index is 12.4. The largest absolute Gasteiger partial charge is 0.467 e. The van der Waals surface area contributed by atoms with E-state index >= 15 is 0 Å². The van der Waals surface area contributed by atoms with Crippen LogP contribution in [0.15, 0.2) is 0 Å². The molecule has 2 atom stereocenters. The Bertz CT molecular complexity index is 340. The highest BCUT2D eigenvalue weighted by atomic mass is 16.5. The first-order chi connectivity index (χ1) is 9.72. The fourth-order valence-corrected chi connectivity index (χ4v) is 3.25. The molecule has 0 radical (unpaired) electrons. The Kier molecular flexibility index (Phi) is 5.83. The molecule has 2 fully saturated rings. The quantitative estimate of drug-likeness (QED) is 0.790. The Morgan fingerprint density at radius 2 is 2.10 bits per heavy atom. The van der Waals surface area contributed by atoms with E-state index in [-0.39, 0.29) is 17.9 Å². The number of amides is 1. The Balaban J connectivity index is 1.83. The van der Waals surface area contributed by atoms with Gasteiger partial charge in [0.05, 0.1) is 7.11 Å². The van der Waals surface area contributed by atoms with Crippen molar-refractivity contribution in [3.8, 4) is 0 Å². The molecule has 2 heterocycles. The lowest BCUT2D eigenvalue weighted by Crippen LogP contribution is -2.48. The van der Waals surface area contributed by atoms with Crippen LogP contribution < -0.4 is 5.32 Å². The van der Waals surface area contributed by atoms with Gasteiger partial charge in [0.15, 0.2) is 0 Å². The average Bonchev–Trinajstić information content (AvgIpc) is 2.52. The summed E-state index contributed by atoms with van der Waals surface area (Å²) in [6, 6.07) is -0.356. The van der Waals surface area contributed by atoms with Crippen molar-refractivity contribution in [2.24, 2.45) is 5.92 Å². The van der Waals surface area contributed by atoms with Crippen LogP contribution in [0.3, 0.4) is 0 Å². The van der Waals surface area contributed by atoms with E-state index in [1.54, 1.807) is 4.90 Å². The maximum Gasteiger partial charge on any atom is 0.328 e. The van der Waals surface area contributed by atoms with Crippen LogP contribution >= 0.6 is 0 Å². The molecule has 2 aliphatic rings. The summed E-state index contributed by atoms with van der Waals surface area (Å²) in [5, 5.41) is 3.38. The Morgan fingerprint density at radius 1 is 1.25 bits per heavy atom. The summed E-state index contributed by atoms with van der Waals surface area (Å²) in [6.45, 7) is 2.82. The third kappa shape index (κ3) is 3.95. The lowest BCUT2D eigenvalue weighted by molar-refractivity contribution is -0.154. The Morgan fingerprint density at radius 3 is 2.80 bits per heavy atom. The van der Waals surface area contributed by atoms with Crippen molar-refractivity contribution in [1.82, 2.24) is 10.2 Å². The lowest BCUT2D eigenvalue weighted by atomic mass is 9.93. The number of carbonyl (C=O) groups excluding carboxylic acids is 2. The van der Waals surface area contributed by atoms with Crippen LogP contribution in [0.4, 0.5) is 0 Å². The van der Waals surface area contributed by atoms with Gasteiger partial charge in [-0.25, -0.2) is 4.79 Å². The van der Waals surface area contributed by atoms with Gasteiger partial charge < -0.3 is 15.0 Å². The molecule has 2 rings (SSSR count). The fraction of sp³-hybridized carbons (Fsp3) is 0.867. The van der Waals surface area contributed by atoms with Crippen molar-refractivity contribution >= 4 is 11.9 Å². The first-order valence-corrected chi connectivity index (χ1v) is 7.80. The Hall–Kier alpha value is -1.10. The van der Waals surface area contributed by atoms with Crippen LogP contribution in [-0.4, -0.2) is 49.6 Å². The van der Waals surface area contributed by atoms with Crippen molar-refractivity contribution in [3.63, 3.8) is 0 Å². The van der Waals surface area contributed by atoms with Crippen molar-refractivity contribution < 1.29 is 14.3 Å². The second kappa shape index (κ2) is 7.62. The summed E-state index contributed by atoms with van der Waals surface area (Å²) in [5.41, 5.74) is 0. The summed E-state index contributed by atoms with van der Waals surface area (Å²) >= 11 is 0. The van der Waals surface area contributed by atoms with Gasteiger partial charge in [-0.2, -0.15) is 0 Å². The number of esters is 1. The molecule has 20 heavy (non-hydrogen) atoms. The van der Waals surface area contributed by atoms with E-state index in [0.29, 0.717) is 18.9 Å². The standard InChI is InChI=1S/C15H26N2O3/c1-20-15(19)13-6-2-3-10-17(13)14(18)8-7-12-5-4-9-16-11-12/h12-13,16H,2-11H2,1H3. The molecular formula is C15H26N2O3. The van der Waals surface area contributed by atoms with Gasteiger partial charge in [-0.3, -0.25) is 4.79 Å². The summed E-state index contributed by atoms with van der Waals surface area (Å²) in [6.07, 6.45) is 6.62. The molecule has 5 nitrogen and oxygen atoms in total. The SMILES string of the molecule is COC(=O)C1CCCCN1C(=O)CCC1CCCNC1. The molecule has 0 spiro atoms. The summed E-state index contributed by atoms with van der Waals surface area (Å²) in [7, 11) is 1.40. The van der Waals surface area contributed by atoms with E-state index in [0.717, 1.165) is 38.8 Å². The molecule has 1 N–H and O–H groups in total. The highest BCUT2D eigenvalue weighted by molar-refractivity contribution is 5.84. The van der Waals surface area contributed by atoms with E-state index in [4.69, 9.17) is 4.74 Å². The lowest BCUT2D eigenvalue weighted by Gasteiger charge is -2.34. The smallest absolute Gasteiger partial charge is 0.328 e. The highest BCUT2D eigenvalue weighted by Crippen LogP contribution is 2.22. The molecule has 1 amide bonds. The molecule has 0 bridgehead atoms. The zero-order chi connectivity index (χ0) is 14.4. The number of methoxy groups -OCH3 is 1. The second-order valence-corrected chi connectivity index (χ2v) is 5.87. The number of nitrogens with zero attached hydrogens (tertiary/aromatic N) is 1. The third-order valence-corrected chi connectivity index (χ3v) is 4.46. The number of rotatable bonds is 4. The van der Waals surface area contributed by atoms with Crippen LogP contribution in [-0.2, 0) is 14.3 Å². The monoisotopic (exact) mass is 282 g/mol. The second-order valence-electron chi connectivity index (χ2n) is 5.87. The van der Waals surface area contributed by atoms with Crippen LogP contribution in [0.1, 0.15) is 44.9 Å². The van der Waals surface area contributed by atoms with Gasteiger partial charge in [-0.05, 0) is 57.5 Å². The predicted octanol–water partition coefficient (Wildman–Crippen LogP) is 1.32. The minimum atomic E-state index is -0.356. The zero-order valence-corrected chi connectivity index (χ0v) is 12.4. The van der Waals surface area contributed by atoms with Gasteiger partial charge in [-0.15, -0.1) is 0 Å². The third-order valence-electron chi connectivity index (χ3n) is 4.46. The summed E-state index contributed by atoms with van der Waals surface area (Å²) < 4.78 is 4.82. The number of carbonyl (C=O) groups is 2. The van der Waals surface area contributed by atoms with Crippen molar-refractivity contribution in [2.45, 2.75) is 51.0 Å². The summed E-state index contributed by atoms with van der Waals surface area (Å²) in [4.78, 5) is 25.9. The molecule has 2 unspecified atom stereocenters. The normalized spacial score (nSPS) is 27.1. The average molecular weight is 282 g/mol. The van der Waals surface area contributed by atoms with Gasteiger partial charge in [0.1, 0.15) is 6.04 Å². The van der Waals surface area contributed by atoms with Crippen LogP contribution in [0.5, 0.6) is 0 Å². The molecule has 114 valence electrons. The van der Waals surface area contributed by atoms with Crippen LogP contribution in [0.2, 0.25) is 0 Å².